The van der Waals surface area contributed by atoms with E-state index >= 15 is 0 Å². The number of para-hydroxylation sites is 1. The van der Waals surface area contributed by atoms with Gasteiger partial charge in [0.05, 0.1) is 18.2 Å². The Morgan fingerprint density at radius 3 is 2.52 bits per heavy atom. The molecular weight excluding hydrogens is 295 g/mol. The molecule has 0 heterocycles. The van der Waals surface area contributed by atoms with Gasteiger partial charge in [0.2, 0.25) is 0 Å². The van der Waals surface area contributed by atoms with Gasteiger partial charge in [-0.3, -0.25) is 0 Å². The zero-order chi connectivity index (χ0) is 15.2. The first kappa shape index (κ1) is 15.6. The van der Waals surface area contributed by atoms with Gasteiger partial charge >= 0.3 is 0 Å². The smallest absolute Gasteiger partial charge is 0.167 e. The van der Waals surface area contributed by atoms with Crippen LogP contribution in [-0.2, 0) is 13.2 Å². The average Bonchev–Trinajstić information content (AvgIpc) is 2.49. The number of rotatable bonds is 6. The molecule has 2 aromatic carbocycles. The van der Waals surface area contributed by atoms with Crippen LogP contribution < -0.4 is 9.47 Å². The first-order chi connectivity index (χ1) is 10.2. The molecule has 0 aliphatic heterocycles. The fraction of sp³-hybridized carbons (Fsp3) is 0.250. The highest BCUT2D eigenvalue weighted by atomic mass is 35.5. The number of hydrogen-bond acceptors (Lipinski definition) is 3. The minimum atomic E-state index is -0.488. The summed E-state index contributed by atoms with van der Waals surface area (Å²) < 4.78 is 24.6. The minimum Gasteiger partial charge on any atom is -0.490 e. The second-order valence-corrected chi connectivity index (χ2v) is 4.72. The van der Waals surface area contributed by atoms with Gasteiger partial charge in [0.25, 0.3) is 0 Å². The van der Waals surface area contributed by atoms with E-state index in [0.717, 1.165) is 0 Å². The number of aliphatic hydroxyl groups is 1. The van der Waals surface area contributed by atoms with E-state index in [0.29, 0.717) is 29.2 Å². The van der Waals surface area contributed by atoms with Crippen molar-refractivity contribution >= 4 is 11.6 Å². The van der Waals surface area contributed by atoms with Gasteiger partial charge in [0, 0.05) is 11.1 Å². The van der Waals surface area contributed by atoms with Gasteiger partial charge in [0.1, 0.15) is 12.4 Å². The topological polar surface area (TPSA) is 38.7 Å². The quantitative estimate of drug-likeness (QED) is 0.878. The molecule has 0 radical (unpaired) electrons. The summed E-state index contributed by atoms with van der Waals surface area (Å²) in [4.78, 5) is 0. The molecule has 0 aliphatic rings. The largest absolute Gasteiger partial charge is 0.490 e. The molecule has 0 bridgehead atoms. The number of ether oxygens (including phenoxy) is 2. The highest BCUT2D eigenvalue weighted by molar-refractivity contribution is 6.31. The zero-order valence-electron chi connectivity index (χ0n) is 11.6. The molecule has 5 heteroatoms. The lowest BCUT2D eigenvalue weighted by Gasteiger charge is -2.15. The molecule has 0 amide bonds. The van der Waals surface area contributed by atoms with E-state index in [9.17, 15) is 9.50 Å². The van der Waals surface area contributed by atoms with E-state index in [1.54, 1.807) is 30.3 Å². The Morgan fingerprint density at radius 1 is 1.10 bits per heavy atom. The minimum absolute atomic E-state index is 0.0388. The van der Waals surface area contributed by atoms with Crippen LogP contribution in [0.3, 0.4) is 0 Å². The Kier molecular flexibility index (Phi) is 5.42. The summed E-state index contributed by atoms with van der Waals surface area (Å²) >= 11 is 5.90. The number of aliphatic hydroxyl groups excluding tert-OH is 1. The second-order valence-electron chi connectivity index (χ2n) is 4.34. The van der Waals surface area contributed by atoms with Crippen molar-refractivity contribution in [3.8, 4) is 11.5 Å². The van der Waals surface area contributed by atoms with E-state index in [1.807, 2.05) is 6.92 Å². The molecule has 2 rings (SSSR count). The fourth-order valence-corrected chi connectivity index (χ4v) is 2.11. The van der Waals surface area contributed by atoms with Crippen molar-refractivity contribution in [1.82, 2.24) is 0 Å². The molecule has 0 fully saturated rings. The summed E-state index contributed by atoms with van der Waals surface area (Å²) in [5, 5.41) is 9.42. The Bertz CT molecular complexity index is 616. The van der Waals surface area contributed by atoms with Crippen LogP contribution in [0.1, 0.15) is 18.1 Å². The molecule has 2 aromatic rings. The molecule has 0 saturated heterocycles. The Hall–Kier alpha value is -1.78. The van der Waals surface area contributed by atoms with Crippen molar-refractivity contribution in [3.63, 3.8) is 0 Å². The molecule has 0 unspecified atom stereocenters. The maximum Gasteiger partial charge on any atom is 0.167 e. The van der Waals surface area contributed by atoms with Gasteiger partial charge in [-0.15, -0.1) is 0 Å². The van der Waals surface area contributed by atoms with E-state index in [4.69, 9.17) is 21.1 Å². The van der Waals surface area contributed by atoms with Crippen LogP contribution in [0.25, 0.3) is 0 Å². The van der Waals surface area contributed by atoms with Crippen molar-refractivity contribution in [1.29, 1.82) is 0 Å². The van der Waals surface area contributed by atoms with Crippen LogP contribution in [0, 0.1) is 5.82 Å². The van der Waals surface area contributed by atoms with Crippen molar-refractivity contribution in [2.75, 3.05) is 6.61 Å². The molecule has 0 atom stereocenters. The van der Waals surface area contributed by atoms with Crippen molar-refractivity contribution in [2.45, 2.75) is 20.1 Å². The van der Waals surface area contributed by atoms with Crippen molar-refractivity contribution < 1.29 is 19.0 Å². The summed E-state index contributed by atoms with van der Waals surface area (Å²) in [5.41, 5.74) is 1.14. The molecule has 0 spiro atoms. The first-order valence-electron chi connectivity index (χ1n) is 6.58. The van der Waals surface area contributed by atoms with Crippen molar-refractivity contribution in [2.24, 2.45) is 0 Å². The zero-order valence-corrected chi connectivity index (χ0v) is 12.4. The number of halogens is 2. The Labute approximate surface area is 127 Å². The Balaban J connectivity index is 2.24. The van der Waals surface area contributed by atoms with Crippen LogP contribution in [0.2, 0.25) is 5.02 Å². The van der Waals surface area contributed by atoms with Gasteiger partial charge < -0.3 is 14.6 Å². The molecule has 1 N–H and O–H groups in total. The molecule has 3 nitrogen and oxygen atoms in total. The molecule has 21 heavy (non-hydrogen) atoms. The summed E-state index contributed by atoms with van der Waals surface area (Å²) in [7, 11) is 0. The highest BCUT2D eigenvalue weighted by Crippen LogP contribution is 2.33. The second kappa shape index (κ2) is 7.29. The van der Waals surface area contributed by atoms with E-state index < -0.39 is 5.82 Å². The summed E-state index contributed by atoms with van der Waals surface area (Å²) in [6, 6.07) is 9.82. The molecule has 112 valence electrons. The van der Waals surface area contributed by atoms with Gasteiger partial charge in [-0.25, -0.2) is 4.39 Å². The fourth-order valence-electron chi connectivity index (χ4n) is 1.93. The van der Waals surface area contributed by atoms with Crippen LogP contribution in [0.5, 0.6) is 11.5 Å². The molecule has 0 saturated carbocycles. The summed E-state index contributed by atoms with van der Waals surface area (Å²) in [5.74, 6) is 0.497. The third-order valence-electron chi connectivity index (χ3n) is 2.93. The lowest BCUT2D eigenvalue weighted by atomic mass is 10.2. The standard InChI is InChI=1S/C16H16ClFO3/c1-2-20-14-8-4-5-11(9-19)16(14)21-10-12-6-3-7-13(18)15(12)17/h3-8,19H,2,9-10H2,1H3. The van der Waals surface area contributed by atoms with Gasteiger partial charge in [-0.2, -0.15) is 0 Å². The maximum absolute atomic E-state index is 13.4. The lowest BCUT2D eigenvalue weighted by Crippen LogP contribution is -2.03. The van der Waals surface area contributed by atoms with Gasteiger partial charge in [-0.1, -0.05) is 35.9 Å². The van der Waals surface area contributed by atoms with Gasteiger partial charge in [-0.05, 0) is 19.1 Å². The lowest BCUT2D eigenvalue weighted by molar-refractivity contribution is 0.243. The molecule has 0 aromatic heterocycles. The first-order valence-corrected chi connectivity index (χ1v) is 6.96. The normalized spacial score (nSPS) is 10.5. The van der Waals surface area contributed by atoms with Gasteiger partial charge in [0.15, 0.2) is 11.5 Å². The summed E-state index contributed by atoms with van der Waals surface area (Å²) in [6.45, 7) is 2.26. The monoisotopic (exact) mass is 310 g/mol. The third kappa shape index (κ3) is 3.65. The molecular formula is C16H16ClFO3. The van der Waals surface area contributed by atoms with Crippen LogP contribution in [-0.4, -0.2) is 11.7 Å². The van der Waals surface area contributed by atoms with Crippen molar-refractivity contribution in [3.05, 3.63) is 58.4 Å². The average molecular weight is 311 g/mol. The predicted octanol–water partition coefficient (Wildman–Crippen LogP) is 3.95. The molecule has 0 aliphatic carbocycles. The van der Waals surface area contributed by atoms with Crippen LogP contribution in [0.4, 0.5) is 4.39 Å². The number of hydrogen-bond donors (Lipinski definition) is 1. The maximum atomic E-state index is 13.4. The highest BCUT2D eigenvalue weighted by Gasteiger charge is 2.12. The SMILES string of the molecule is CCOc1cccc(CO)c1OCc1cccc(F)c1Cl. The Morgan fingerprint density at radius 2 is 1.81 bits per heavy atom. The van der Waals surface area contributed by atoms with Crippen LogP contribution >= 0.6 is 11.6 Å². The van der Waals surface area contributed by atoms with E-state index in [1.165, 1.54) is 6.07 Å². The van der Waals surface area contributed by atoms with E-state index in [2.05, 4.69) is 0 Å². The third-order valence-corrected chi connectivity index (χ3v) is 3.36. The number of benzene rings is 2. The predicted molar refractivity (Wildman–Crippen MR) is 79.3 cm³/mol. The summed E-state index contributed by atoms with van der Waals surface area (Å²) in [6.07, 6.45) is 0. The van der Waals surface area contributed by atoms with E-state index in [-0.39, 0.29) is 18.2 Å². The van der Waals surface area contributed by atoms with Crippen LogP contribution in [0.15, 0.2) is 36.4 Å².